The number of carboxylic acid groups (broad SMARTS) is 1. The van der Waals surface area contributed by atoms with Crippen LogP contribution in [0.5, 0.6) is 0 Å². The molecule has 2 atom stereocenters. The Morgan fingerprint density at radius 2 is 0.778 bits per heavy atom. The van der Waals surface area contributed by atoms with Crippen molar-refractivity contribution in [3.05, 3.63) is 0 Å². The van der Waals surface area contributed by atoms with Gasteiger partial charge in [0.25, 0.3) is 0 Å². The van der Waals surface area contributed by atoms with E-state index in [9.17, 15) is 4.79 Å². The zero-order chi connectivity index (χ0) is 27.1. The number of hydrogen-bond donors (Lipinski definition) is 2. The summed E-state index contributed by atoms with van der Waals surface area (Å²) in [5.41, 5.74) is 0. The fourth-order valence-electron chi connectivity index (χ4n) is 4.88. The van der Waals surface area contributed by atoms with Gasteiger partial charge < -0.3 is 10.4 Å². The van der Waals surface area contributed by atoms with Crippen molar-refractivity contribution in [2.45, 2.75) is 207 Å². The van der Waals surface area contributed by atoms with Crippen molar-refractivity contribution in [1.29, 1.82) is 0 Å². The first-order valence-electron chi connectivity index (χ1n) is 16.5. The van der Waals surface area contributed by atoms with E-state index in [0.717, 1.165) is 19.3 Å². The van der Waals surface area contributed by atoms with E-state index in [1.807, 2.05) is 0 Å². The highest BCUT2D eigenvalue weighted by atomic mass is 16.4. The summed E-state index contributed by atoms with van der Waals surface area (Å²) in [4.78, 5) is 9.96. The van der Waals surface area contributed by atoms with E-state index in [4.69, 9.17) is 5.11 Å². The summed E-state index contributed by atoms with van der Waals surface area (Å²) in [7, 11) is 0. The molecular formula is C33H69NO2. The molecular weight excluding hydrogens is 442 g/mol. The second-order valence-electron chi connectivity index (χ2n) is 11.4. The number of aliphatic carboxylic acids is 1. The van der Waals surface area contributed by atoms with E-state index >= 15 is 0 Å². The molecule has 3 heteroatoms. The molecule has 218 valence electrons. The number of carboxylic acids is 1. The lowest BCUT2D eigenvalue weighted by atomic mass is 10.0. The minimum Gasteiger partial charge on any atom is -0.481 e. The first-order chi connectivity index (χ1) is 17.5. The lowest BCUT2D eigenvalue weighted by molar-refractivity contribution is -0.137. The number of rotatable bonds is 27. The molecule has 0 aliphatic carbocycles. The Morgan fingerprint density at radius 3 is 1.08 bits per heavy atom. The molecule has 0 radical (unpaired) electrons. The molecule has 0 saturated carbocycles. The molecule has 0 fully saturated rings. The Morgan fingerprint density at radius 1 is 0.500 bits per heavy atom. The van der Waals surface area contributed by atoms with E-state index in [-0.39, 0.29) is 0 Å². The lowest BCUT2D eigenvalue weighted by Gasteiger charge is -2.20. The van der Waals surface area contributed by atoms with Gasteiger partial charge >= 0.3 is 5.97 Å². The Hall–Kier alpha value is -0.570. The highest BCUT2D eigenvalue weighted by molar-refractivity contribution is 5.66. The van der Waals surface area contributed by atoms with Crippen LogP contribution in [0.2, 0.25) is 0 Å². The van der Waals surface area contributed by atoms with Gasteiger partial charge in [0.15, 0.2) is 0 Å². The molecule has 2 N–H and O–H groups in total. The Balaban J connectivity index is 0. The molecule has 0 aromatic heterocycles. The highest BCUT2D eigenvalue weighted by Gasteiger charge is 2.07. The van der Waals surface area contributed by atoms with Crippen LogP contribution in [0.4, 0.5) is 0 Å². The zero-order valence-electron chi connectivity index (χ0n) is 25.7. The number of hydrogen-bond acceptors (Lipinski definition) is 2. The molecule has 0 saturated heterocycles. The molecule has 0 aromatic rings. The van der Waals surface area contributed by atoms with Gasteiger partial charge in [-0.3, -0.25) is 4.79 Å². The van der Waals surface area contributed by atoms with Crippen LogP contribution in [0.1, 0.15) is 195 Å². The molecule has 0 heterocycles. The third-order valence-electron chi connectivity index (χ3n) is 7.29. The van der Waals surface area contributed by atoms with Gasteiger partial charge in [0.2, 0.25) is 0 Å². The average molecular weight is 512 g/mol. The minimum absolute atomic E-state index is 0.333. The summed E-state index contributed by atoms with van der Waals surface area (Å²) < 4.78 is 0. The summed E-state index contributed by atoms with van der Waals surface area (Å²) in [5, 5.41) is 12.0. The van der Waals surface area contributed by atoms with Crippen molar-refractivity contribution in [3.63, 3.8) is 0 Å². The molecule has 0 rings (SSSR count). The van der Waals surface area contributed by atoms with Crippen molar-refractivity contribution in [2.24, 2.45) is 0 Å². The van der Waals surface area contributed by atoms with E-state index in [2.05, 4.69) is 39.9 Å². The van der Waals surface area contributed by atoms with Crippen molar-refractivity contribution in [1.82, 2.24) is 5.32 Å². The quantitative estimate of drug-likeness (QED) is 0.108. The van der Waals surface area contributed by atoms with Gasteiger partial charge in [-0.15, -0.1) is 0 Å². The van der Waals surface area contributed by atoms with Gasteiger partial charge in [-0.1, -0.05) is 156 Å². The highest BCUT2D eigenvalue weighted by Crippen LogP contribution is 2.13. The van der Waals surface area contributed by atoms with Crippen molar-refractivity contribution < 1.29 is 9.90 Å². The maximum atomic E-state index is 9.96. The van der Waals surface area contributed by atoms with Crippen LogP contribution in [0.15, 0.2) is 0 Å². The first kappa shape index (κ1) is 37.6. The van der Waals surface area contributed by atoms with E-state index in [1.165, 1.54) is 135 Å². The van der Waals surface area contributed by atoms with Gasteiger partial charge in [0, 0.05) is 18.5 Å². The summed E-state index contributed by atoms with van der Waals surface area (Å²) in [6.07, 6.45) is 33.1. The summed E-state index contributed by atoms with van der Waals surface area (Å²) in [6.45, 7) is 11.5. The molecule has 0 aromatic carbocycles. The Bertz CT molecular complexity index is 386. The Labute approximate surface area is 228 Å². The molecule has 0 bridgehead atoms. The number of carbonyl (C=O) groups is 1. The normalized spacial score (nSPS) is 12.7. The summed E-state index contributed by atoms with van der Waals surface area (Å²) in [5.74, 6) is -0.675. The van der Waals surface area contributed by atoms with Crippen LogP contribution in [0, 0.1) is 0 Å². The van der Waals surface area contributed by atoms with Crippen LogP contribution in [0.3, 0.4) is 0 Å². The maximum Gasteiger partial charge on any atom is 0.303 e. The third-order valence-corrected chi connectivity index (χ3v) is 7.29. The van der Waals surface area contributed by atoms with Crippen LogP contribution in [-0.2, 0) is 4.79 Å². The second kappa shape index (κ2) is 32.5. The monoisotopic (exact) mass is 512 g/mol. The van der Waals surface area contributed by atoms with Crippen molar-refractivity contribution in [2.75, 3.05) is 0 Å². The Kier molecular flexibility index (Phi) is 33.9. The fraction of sp³-hybridized carbons (Fsp3) is 0.970. The minimum atomic E-state index is -0.675. The van der Waals surface area contributed by atoms with E-state index in [0.29, 0.717) is 18.5 Å². The molecule has 0 spiro atoms. The third kappa shape index (κ3) is 35.6. The van der Waals surface area contributed by atoms with Gasteiger partial charge in [-0.05, 0) is 33.1 Å². The topological polar surface area (TPSA) is 49.3 Å². The van der Waals surface area contributed by atoms with Crippen LogP contribution >= 0.6 is 0 Å². The fourth-order valence-corrected chi connectivity index (χ4v) is 4.88. The molecule has 0 aliphatic rings. The number of unbranched alkanes of at least 4 members (excludes halogenated alkanes) is 19. The average Bonchev–Trinajstić information content (AvgIpc) is 2.85. The molecule has 36 heavy (non-hydrogen) atoms. The molecule has 2 unspecified atom stereocenters. The van der Waals surface area contributed by atoms with Crippen molar-refractivity contribution in [3.8, 4) is 0 Å². The predicted molar refractivity (Wildman–Crippen MR) is 162 cm³/mol. The summed E-state index contributed by atoms with van der Waals surface area (Å²) >= 11 is 0. The largest absolute Gasteiger partial charge is 0.481 e. The standard InChI is InChI=1S/C26H55N.C7H14O2/c1-5-7-9-11-13-15-17-19-21-23-25(3)27-26(4)24-22-20-18-16-14-12-10-8-6-2;1-2-3-4-5-6-7(8)9/h25-27H,5-24H2,1-4H3;2-6H2,1H3,(H,8,9). The van der Waals surface area contributed by atoms with E-state index < -0.39 is 5.97 Å². The molecule has 3 nitrogen and oxygen atoms in total. The van der Waals surface area contributed by atoms with Gasteiger partial charge in [0.05, 0.1) is 0 Å². The molecule has 0 aliphatic heterocycles. The zero-order valence-corrected chi connectivity index (χ0v) is 25.7. The van der Waals surface area contributed by atoms with Gasteiger partial charge in [-0.25, -0.2) is 0 Å². The maximum absolute atomic E-state index is 9.96. The van der Waals surface area contributed by atoms with Gasteiger partial charge in [-0.2, -0.15) is 0 Å². The second-order valence-corrected chi connectivity index (χ2v) is 11.4. The summed E-state index contributed by atoms with van der Waals surface area (Å²) in [6, 6.07) is 1.39. The van der Waals surface area contributed by atoms with E-state index in [1.54, 1.807) is 0 Å². The number of nitrogens with one attached hydrogen (secondary N) is 1. The first-order valence-corrected chi connectivity index (χ1v) is 16.5. The van der Waals surface area contributed by atoms with Crippen LogP contribution < -0.4 is 5.32 Å². The van der Waals surface area contributed by atoms with Crippen molar-refractivity contribution >= 4 is 5.97 Å². The predicted octanol–water partition coefficient (Wildman–Crippen LogP) is 11.2. The SMILES string of the molecule is CCCCCCC(=O)O.CCCCCCCCCCCC(C)NC(C)CCCCCCCCCCC. The molecule has 0 amide bonds. The lowest BCUT2D eigenvalue weighted by Crippen LogP contribution is -2.34. The smallest absolute Gasteiger partial charge is 0.303 e. The van der Waals surface area contributed by atoms with Gasteiger partial charge in [0.1, 0.15) is 0 Å². The van der Waals surface area contributed by atoms with Crippen LogP contribution in [-0.4, -0.2) is 23.2 Å². The van der Waals surface area contributed by atoms with Crippen LogP contribution in [0.25, 0.3) is 0 Å².